The molecule has 0 aromatic heterocycles. The van der Waals surface area contributed by atoms with Crippen molar-refractivity contribution in [1.29, 1.82) is 0 Å². The maximum Gasteiger partial charge on any atom is 0.241 e. The van der Waals surface area contributed by atoms with Gasteiger partial charge in [-0.3, -0.25) is 14.6 Å². The first-order valence-electron chi connectivity index (χ1n) is 10.00. The van der Waals surface area contributed by atoms with Crippen LogP contribution in [0, 0.1) is 0 Å². The van der Waals surface area contributed by atoms with E-state index in [0.29, 0.717) is 6.54 Å². The molecule has 1 N–H and O–H groups in total. The maximum atomic E-state index is 13.0. The van der Waals surface area contributed by atoms with Crippen LogP contribution in [0.3, 0.4) is 0 Å². The van der Waals surface area contributed by atoms with E-state index in [1.165, 1.54) is 5.56 Å². The molecule has 1 amide bonds. The SMILES string of the molecule is CN(C)C(C(=O)NCC(Cc1ccccc1)N1CCOCC1)c1ccccc1. The summed E-state index contributed by atoms with van der Waals surface area (Å²) in [6.07, 6.45) is 0.916. The molecule has 3 rings (SSSR count). The van der Waals surface area contributed by atoms with Crippen LogP contribution in [-0.4, -0.2) is 68.7 Å². The molecule has 0 bridgehead atoms. The lowest BCUT2D eigenvalue weighted by molar-refractivity contribution is -0.126. The minimum Gasteiger partial charge on any atom is -0.379 e. The van der Waals surface area contributed by atoms with Gasteiger partial charge in [-0.1, -0.05) is 60.7 Å². The Hall–Kier alpha value is -2.21. The van der Waals surface area contributed by atoms with Gasteiger partial charge in [0.05, 0.1) is 13.2 Å². The third-order valence-corrected chi connectivity index (χ3v) is 5.27. The van der Waals surface area contributed by atoms with Crippen LogP contribution in [-0.2, 0) is 16.0 Å². The highest BCUT2D eigenvalue weighted by Crippen LogP contribution is 2.18. The molecular formula is C23H31N3O2. The number of benzene rings is 2. The summed E-state index contributed by atoms with van der Waals surface area (Å²) in [7, 11) is 3.89. The third-order valence-electron chi connectivity index (χ3n) is 5.27. The molecule has 1 heterocycles. The lowest BCUT2D eigenvalue weighted by Gasteiger charge is -2.35. The van der Waals surface area contributed by atoms with E-state index in [9.17, 15) is 4.79 Å². The summed E-state index contributed by atoms with van der Waals surface area (Å²) in [5, 5.41) is 3.22. The van der Waals surface area contributed by atoms with Gasteiger partial charge in [0.15, 0.2) is 0 Å². The van der Waals surface area contributed by atoms with Crippen LogP contribution in [0.1, 0.15) is 17.2 Å². The highest BCUT2D eigenvalue weighted by Gasteiger charge is 2.26. The number of carbonyl (C=O) groups is 1. The van der Waals surface area contributed by atoms with Crippen molar-refractivity contribution in [1.82, 2.24) is 15.1 Å². The van der Waals surface area contributed by atoms with Gasteiger partial charge in [0.25, 0.3) is 0 Å². The Bertz CT molecular complexity index is 715. The van der Waals surface area contributed by atoms with Crippen molar-refractivity contribution in [2.24, 2.45) is 0 Å². The first-order valence-corrected chi connectivity index (χ1v) is 10.00. The van der Waals surface area contributed by atoms with Crippen LogP contribution in [0.5, 0.6) is 0 Å². The number of hydrogen-bond donors (Lipinski definition) is 1. The summed E-state index contributed by atoms with van der Waals surface area (Å²) in [5.41, 5.74) is 2.30. The smallest absolute Gasteiger partial charge is 0.241 e. The van der Waals surface area contributed by atoms with E-state index < -0.39 is 0 Å². The summed E-state index contributed by atoms with van der Waals surface area (Å²) < 4.78 is 5.52. The summed E-state index contributed by atoms with van der Waals surface area (Å²) >= 11 is 0. The number of rotatable bonds is 8. The van der Waals surface area contributed by atoms with Gasteiger partial charge in [0, 0.05) is 25.7 Å². The van der Waals surface area contributed by atoms with Gasteiger partial charge < -0.3 is 10.1 Å². The van der Waals surface area contributed by atoms with Crippen molar-refractivity contribution < 1.29 is 9.53 Å². The van der Waals surface area contributed by atoms with Crippen molar-refractivity contribution >= 4 is 5.91 Å². The fourth-order valence-electron chi connectivity index (χ4n) is 3.79. The average Bonchev–Trinajstić information content (AvgIpc) is 2.73. The second kappa shape index (κ2) is 10.4. The van der Waals surface area contributed by atoms with Crippen molar-refractivity contribution in [3.63, 3.8) is 0 Å². The highest BCUT2D eigenvalue weighted by atomic mass is 16.5. The molecule has 5 nitrogen and oxygen atoms in total. The van der Waals surface area contributed by atoms with Crippen LogP contribution in [0.15, 0.2) is 60.7 Å². The van der Waals surface area contributed by atoms with Gasteiger partial charge in [-0.15, -0.1) is 0 Å². The Balaban J connectivity index is 1.68. The van der Waals surface area contributed by atoms with Gasteiger partial charge >= 0.3 is 0 Å². The van der Waals surface area contributed by atoms with Crippen LogP contribution >= 0.6 is 0 Å². The van der Waals surface area contributed by atoms with Gasteiger partial charge in [0.2, 0.25) is 5.91 Å². The molecule has 0 radical (unpaired) electrons. The Morgan fingerprint density at radius 3 is 2.25 bits per heavy atom. The van der Waals surface area contributed by atoms with Crippen molar-refractivity contribution in [2.45, 2.75) is 18.5 Å². The number of morpholine rings is 1. The van der Waals surface area contributed by atoms with E-state index in [1.54, 1.807) is 0 Å². The Labute approximate surface area is 168 Å². The minimum atomic E-state index is -0.289. The molecule has 1 saturated heterocycles. The van der Waals surface area contributed by atoms with E-state index in [1.807, 2.05) is 55.4 Å². The minimum absolute atomic E-state index is 0.0440. The molecule has 2 atom stereocenters. The maximum absolute atomic E-state index is 13.0. The van der Waals surface area contributed by atoms with Gasteiger partial charge in [-0.25, -0.2) is 0 Å². The molecule has 0 aliphatic carbocycles. The Kier molecular flexibility index (Phi) is 7.60. The van der Waals surface area contributed by atoms with Crippen LogP contribution in [0.25, 0.3) is 0 Å². The van der Waals surface area contributed by atoms with Gasteiger partial charge in [-0.05, 0) is 31.6 Å². The number of ether oxygens (including phenoxy) is 1. The normalized spacial score (nSPS) is 17.2. The van der Waals surface area contributed by atoms with Crippen molar-refractivity contribution in [3.05, 3.63) is 71.8 Å². The molecular weight excluding hydrogens is 350 g/mol. The molecule has 0 saturated carbocycles. The first-order chi connectivity index (χ1) is 13.6. The highest BCUT2D eigenvalue weighted by molar-refractivity contribution is 5.83. The molecule has 28 heavy (non-hydrogen) atoms. The standard InChI is InChI=1S/C23H31N3O2/c1-25(2)22(20-11-7-4-8-12-20)23(27)24-18-21(26-13-15-28-16-14-26)17-19-9-5-3-6-10-19/h3-12,21-22H,13-18H2,1-2H3,(H,24,27). The molecule has 2 aromatic rings. The largest absolute Gasteiger partial charge is 0.379 e. The number of hydrogen-bond acceptors (Lipinski definition) is 4. The van der Waals surface area contributed by atoms with E-state index >= 15 is 0 Å². The second-order valence-electron chi connectivity index (χ2n) is 7.51. The molecule has 2 aromatic carbocycles. The van der Waals surface area contributed by atoms with Crippen LogP contribution in [0.2, 0.25) is 0 Å². The lowest BCUT2D eigenvalue weighted by atomic mass is 10.0. The summed E-state index contributed by atoms with van der Waals surface area (Å²) in [5.74, 6) is 0.0440. The Morgan fingerprint density at radius 2 is 1.64 bits per heavy atom. The molecule has 1 fully saturated rings. The molecule has 5 heteroatoms. The van der Waals surface area contributed by atoms with Crippen LogP contribution < -0.4 is 5.32 Å². The predicted octanol–water partition coefficient (Wildman–Crippen LogP) is 2.35. The number of nitrogens with zero attached hydrogens (tertiary/aromatic N) is 2. The van der Waals surface area contributed by atoms with Crippen molar-refractivity contribution in [2.75, 3.05) is 46.9 Å². The predicted molar refractivity (Wildman–Crippen MR) is 112 cm³/mol. The summed E-state index contributed by atoms with van der Waals surface area (Å²) in [6.45, 7) is 3.95. The fraction of sp³-hybridized carbons (Fsp3) is 0.435. The second-order valence-corrected chi connectivity index (χ2v) is 7.51. The monoisotopic (exact) mass is 381 g/mol. The van der Waals surface area contributed by atoms with Gasteiger partial charge in [-0.2, -0.15) is 0 Å². The lowest BCUT2D eigenvalue weighted by Crippen LogP contribution is -2.51. The number of likely N-dealkylation sites (N-methyl/N-ethyl adjacent to an activating group) is 1. The molecule has 0 spiro atoms. The van der Waals surface area contributed by atoms with E-state index in [4.69, 9.17) is 4.74 Å². The number of carbonyl (C=O) groups excluding carboxylic acids is 1. The third kappa shape index (κ3) is 5.64. The summed E-state index contributed by atoms with van der Waals surface area (Å²) in [4.78, 5) is 17.4. The zero-order valence-electron chi connectivity index (χ0n) is 16.9. The summed E-state index contributed by atoms with van der Waals surface area (Å²) in [6, 6.07) is 20.4. The molecule has 1 aliphatic heterocycles. The quantitative estimate of drug-likeness (QED) is 0.762. The topological polar surface area (TPSA) is 44.8 Å². The first kappa shape index (κ1) is 20.5. The average molecular weight is 382 g/mol. The van der Waals surface area contributed by atoms with Crippen LogP contribution in [0.4, 0.5) is 0 Å². The molecule has 2 unspecified atom stereocenters. The molecule has 150 valence electrons. The van der Waals surface area contributed by atoms with E-state index in [2.05, 4.69) is 34.5 Å². The molecule has 1 aliphatic rings. The van der Waals surface area contributed by atoms with E-state index in [0.717, 1.165) is 38.3 Å². The van der Waals surface area contributed by atoms with Crippen molar-refractivity contribution in [3.8, 4) is 0 Å². The zero-order chi connectivity index (χ0) is 19.8. The fourth-order valence-corrected chi connectivity index (χ4v) is 3.79. The zero-order valence-corrected chi connectivity index (χ0v) is 16.9. The number of nitrogens with one attached hydrogen (secondary N) is 1. The van der Waals surface area contributed by atoms with E-state index in [-0.39, 0.29) is 18.0 Å². The van der Waals surface area contributed by atoms with Gasteiger partial charge in [0.1, 0.15) is 6.04 Å². The number of amides is 1. The Morgan fingerprint density at radius 1 is 1.04 bits per heavy atom.